The van der Waals surface area contributed by atoms with Crippen molar-refractivity contribution in [2.75, 3.05) is 5.32 Å². The lowest BCUT2D eigenvalue weighted by Crippen LogP contribution is -2.21. The molecule has 0 saturated carbocycles. The predicted octanol–water partition coefficient (Wildman–Crippen LogP) is 4.71. The highest BCUT2D eigenvalue weighted by atomic mass is 19.4. The third kappa shape index (κ3) is 4.15. The van der Waals surface area contributed by atoms with E-state index in [0.717, 1.165) is 18.2 Å². The molecule has 120 valence electrons. The first kappa shape index (κ1) is 16.7. The zero-order chi connectivity index (χ0) is 17.0. The molecular weight excluding hydrogens is 317 g/mol. The van der Waals surface area contributed by atoms with Gasteiger partial charge in [-0.15, -0.1) is 0 Å². The smallest absolute Gasteiger partial charge is 0.347 e. The third-order valence-corrected chi connectivity index (χ3v) is 2.86. The van der Waals surface area contributed by atoms with Crippen LogP contribution >= 0.6 is 0 Å². The average molecular weight is 327 g/mol. The number of carbonyl (C=O) groups excluding carboxylic acids is 1. The Labute approximate surface area is 128 Å². The monoisotopic (exact) mass is 327 g/mol. The summed E-state index contributed by atoms with van der Waals surface area (Å²) in [4.78, 5) is 11.9. The van der Waals surface area contributed by atoms with E-state index in [9.17, 15) is 26.7 Å². The zero-order valence-electron chi connectivity index (χ0n) is 11.5. The number of para-hydroxylation sites is 1. The summed E-state index contributed by atoms with van der Waals surface area (Å²) in [6.07, 6.45) is -4.72. The normalized spacial score (nSPS) is 12.1. The standard InChI is InChI=1S/C16H10F5NO/c17-11-7-4-8-12(18)15(11)22-14(16(19,20)21)9-13(23)10-5-2-1-3-6-10/h1-9,22H/b14-9-. The van der Waals surface area contributed by atoms with Gasteiger partial charge in [0.2, 0.25) is 0 Å². The summed E-state index contributed by atoms with van der Waals surface area (Å²) in [6.45, 7) is 0. The number of ketones is 1. The number of hydrogen-bond acceptors (Lipinski definition) is 2. The van der Waals surface area contributed by atoms with Crippen molar-refractivity contribution in [1.29, 1.82) is 0 Å². The van der Waals surface area contributed by atoms with E-state index >= 15 is 0 Å². The van der Waals surface area contributed by atoms with Crippen LogP contribution in [0.15, 0.2) is 60.3 Å². The van der Waals surface area contributed by atoms with Crippen molar-refractivity contribution in [3.63, 3.8) is 0 Å². The van der Waals surface area contributed by atoms with Gasteiger partial charge in [0.05, 0.1) is 0 Å². The van der Waals surface area contributed by atoms with Gasteiger partial charge in [-0.3, -0.25) is 4.79 Å². The lowest BCUT2D eigenvalue weighted by molar-refractivity contribution is -0.0903. The van der Waals surface area contributed by atoms with Crippen LogP contribution in [0.3, 0.4) is 0 Å². The molecule has 23 heavy (non-hydrogen) atoms. The highest BCUT2D eigenvalue weighted by Crippen LogP contribution is 2.29. The van der Waals surface area contributed by atoms with Crippen molar-refractivity contribution in [1.82, 2.24) is 0 Å². The Bertz CT molecular complexity index is 718. The first-order chi connectivity index (χ1) is 10.8. The van der Waals surface area contributed by atoms with Crippen molar-refractivity contribution >= 4 is 11.5 Å². The van der Waals surface area contributed by atoms with Crippen LogP contribution in [-0.2, 0) is 0 Å². The maximum atomic E-state index is 13.5. The predicted molar refractivity (Wildman–Crippen MR) is 74.9 cm³/mol. The number of alkyl halides is 3. The van der Waals surface area contributed by atoms with E-state index < -0.39 is 35.0 Å². The van der Waals surface area contributed by atoms with Gasteiger partial charge in [0.25, 0.3) is 0 Å². The molecule has 0 spiro atoms. The first-order valence-electron chi connectivity index (χ1n) is 6.38. The van der Waals surface area contributed by atoms with Crippen LogP contribution in [0.4, 0.5) is 27.6 Å². The van der Waals surface area contributed by atoms with Crippen LogP contribution in [0.1, 0.15) is 10.4 Å². The molecule has 2 aromatic carbocycles. The molecular formula is C16H10F5NO. The van der Waals surface area contributed by atoms with Gasteiger partial charge in [-0.05, 0) is 12.1 Å². The lowest BCUT2D eigenvalue weighted by Gasteiger charge is -2.15. The highest BCUT2D eigenvalue weighted by Gasteiger charge is 2.35. The first-order valence-corrected chi connectivity index (χ1v) is 6.38. The Hall–Kier alpha value is -2.70. The zero-order valence-corrected chi connectivity index (χ0v) is 11.5. The molecule has 0 heterocycles. The van der Waals surface area contributed by atoms with Gasteiger partial charge in [0.1, 0.15) is 23.0 Å². The van der Waals surface area contributed by atoms with Crippen LogP contribution in [0, 0.1) is 11.6 Å². The summed E-state index contributed by atoms with van der Waals surface area (Å²) in [5, 5.41) is 1.62. The van der Waals surface area contributed by atoms with E-state index in [2.05, 4.69) is 0 Å². The molecule has 0 amide bonds. The molecule has 2 aromatic rings. The molecule has 0 aliphatic carbocycles. The minimum absolute atomic E-state index is 0.0186. The van der Waals surface area contributed by atoms with Gasteiger partial charge in [0, 0.05) is 11.6 Å². The Morgan fingerprint density at radius 2 is 1.48 bits per heavy atom. The number of hydrogen-bond donors (Lipinski definition) is 1. The summed E-state index contributed by atoms with van der Waals surface area (Å²) >= 11 is 0. The van der Waals surface area contributed by atoms with Crippen LogP contribution in [0.5, 0.6) is 0 Å². The second-order valence-corrected chi connectivity index (χ2v) is 4.51. The van der Waals surface area contributed by atoms with Crippen molar-refractivity contribution in [2.45, 2.75) is 6.18 Å². The summed E-state index contributed by atoms with van der Waals surface area (Å²) in [5.74, 6) is -3.35. The second-order valence-electron chi connectivity index (χ2n) is 4.51. The lowest BCUT2D eigenvalue weighted by atomic mass is 10.1. The van der Waals surface area contributed by atoms with Gasteiger partial charge < -0.3 is 5.32 Å². The molecule has 0 aromatic heterocycles. The molecule has 2 rings (SSSR count). The largest absolute Gasteiger partial charge is 0.431 e. The van der Waals surface area contributed by atoms with E-state index in [0.29, 0.717) is 0 Å². The average Bonchev–Trinajstić information content (AvgIpc) is 2.49. The highest BCUT2D eigenvalue weighted by molar-refractivity contribution is 6.05. The van der Waals surface area contributed by atoms with Crippen LogP contribution < -0.4 is 5.32 Å². The molecule has 0 aliphatic rings. The molecule has 0 bridgehead atoms. The van der Waals surface area contributed by atoms with Crippen LogP contribution in [0.25, 0.3) is 0 Å². The van der Waals surface area contributed by atoms with Crippen molar-refractivity contribution in [2.24, 2.45) is 0 Å². The summed E-state index contributed by atoms with van der Waals surface area (Å²) in [6, 6.07) is 9.85. The topological polar surface area (TPSA) is 29.1 Å². The van der Waals surface area contributed by atoms with E-state index in [1.807, 2.05) is 0 Å². The Kier molecular flexibility index (Phi) is 4.78. The minimum Gasteiger partial charge on any atom is -0.347 e. The fourth-order valence-corrected chi connectivity index (χ4v) is 1.76. The maximum Gasteiger partial charge on any atom is 0.431 e. The molecule has 0 aliphatic heterocycles. The molecule has 2 nitrogen and oxygen atoms in total. The quantitative estimate of drug-likeness (QED) is 0.501. The van der Waals surface area contributed by atoms with E-state index in [4.69, 9.17) is 0 Å². The fourth-order valence-electron chi connectivity index (χ4n) is 1.76. The fraction of sp³-hybridized carbons (Fsp3) is 0.0625. The SMILES string of the molecule is O=C(/C=C(\Nc1c(F)cccc1F)C(F)(F)F)c1ccccc1. The van der Waals surface area contributed by atoms with Crippen molar-refractivity contribution < 1.29 is 26.7 Å². The Morgan fingerprint density at radius 3 is 2.00 bits per heavy atom. The summed E-state index contributed by atoms with van der Waals surface area (Å²) in [7, 11) is 0. The molecule has 1 N–H and O–H groups in total. The summed E-state index contributed by atoms with van der Waals surface area (Å²) in [5.41, 5.74) is -2.52. The Morgan fingerprint density at radius 1 is 0.913 bits per heavy atom. The van der Waals surface area contributed by atoms with Gasteiger partial charge in [0.15, 0.2) is 5.78 Å². The molecule has 7 heteroatoms. The number of allylic oxidation sites excluding steroid dienone is 2. The minimum atomic E-state index is -4.99. The molecule has 0 atom stereocenters. The van der Waals surface area contributed by atoms with Gasteiger partial charge in [-0.2, -0.15) is 13.2 Å². The number of anilines is 1. The number of benzene rings is 2. The van der Waals surface area contributed by atoms with Gasteiger partial charge in [-0.1, -0.05) is 36.4 Å². The van der Waals surface area contributed by atoms with Crippen LogP contribution in [-0.4, -0.2) is 12.0 Å². The van der Waals surface area contributed by atoms with Crippen molar-refractivity contribution in [3.8, 4) is 0 Å². The molecule has 0 unspecified atom stereocenters. The number of halogens is 5. The molecule has 0 fully saturated rings. The van der Waals surface area contributed by atoms with E-state index in [-0.39, 0.29) is 11.6 Å². The maximum absolute atomic E-state index is 13.5. The summed E-state index contributed by atoms with van der Waals surface area (Å²) < 4.78 is 66.0. The van der Waals surface area contributed by atoms with Crippen molar-refractivity contribution in [3.05, 3.63) is 77.5 Å². The number of carbonyl (C=O) groups is 1. The molecule has 0 radical (unpaired) electrons. The second kappa shape index (κ2) is 6.60. The van der Waals surface area contributed by atoms with Crippen LogP contribution in [0.2, 0.25) is 0 Å². The number of nitrogens with one attached hydrogen (secondary N) is 1. The molecule has 0 saturated heterocycles. The van der Waals surface area contributed by atoms with E-state index in [1.165, 1.54) is 24.3 Å². The van der Waals surface area contributed by atoms with Gasteiger partial charge >= 0.3 is 6.18 Å². The third-order valence-electron chi connectivity index (χ3n) is 2.86. The Balaban J connectivity index is 2.39. The van der Waals surface area contributed by atoms with E-state index in [1.54, 1.807) is 11.4 Å². The van der Waals surface area contributed by atoms with Gasteiger partial charge in [-0.25, -0.2) is 8.78 Å². The number of rotatable bonds is 4.